The van der Waals surface area contributed by atoms with Crippen LogP contribution in [-0.2, 0) is 22.7 Å². The van der Waals surface area contributed by atoms with Crippen molar-refractivity contribution in [3.8, 4) is 23.0 Å². The number of ether oxygens (including phenoxy) is 5. The van der Waals surface area contributed by atoms with E-state index in [4.69, 9.17) is 35.3 Å². The molecule has 3 aromatic carbocycles. The second kappa shape index (κ2) is 14.0. The number of methoxy groups -OCH3 is 2. The molecular formula is C28H30ClNO7. The van der Waals surface area contributed by atoms with E-state index in [2.05, 4.69) is 5.32 Å². The van der Waals surface area contributed by atoms with Crippen molar-refractivity contribution in [3.05, 3.63) is 82.4 Å². The summed E-state index contributed by atoms with van der Waals surface area (Å²) in [4.78, 5) is 24.3. The van der Waals surface area contributed by atoms with Gasteiger partial charge in [-0.15, -0.1) is 0 Å². The topological polar surface area (TPSA) is 92.3 Å². The highest BCUT2D eigenvalue weighted by Gasteiger charge is 2.20. The van der Waals surface area contributed by atoms with E-state index < -0.39 is 5.91 Å². The van der Waals surface area contributed by atoms with E-state index in [1.807, 2.05) is 48.5 Å². The van der Waals surface area contributed by atoms with E-state index in [1.54, 1.807) is 33.3 Å². The van der Waals surface area contributed by atoms with Crippen molar-refractivity contribution in [2.45, 2.75) is 26.6 Å². The van der Waals surface area contributed by atoms with Crippen LogP contribution in [0.3, 0.4) is 0 Å². The van der Waals surface area contributed by atoms with Gasteiger partial charge in [0.15, 0.2) is 11.5 Å². The minimum Gasteiger partial charge on any atom is -0.497 e. The highest BCUT2D eigenvalue weighted by molar-refractivity contribution is 6.35. The van der Waals surface area contributed by atoms with Gasteiger partial charge in [0.2, 0.25) is 0 Å². The maximum absolute atomic E-state index is 12.8. The molecule has 0 bridgehead atoms. The maximum atomic E-state index is 12.8. The Balaban J connectivity index is 1.78. The number of nitrogens with one attached hydrogen (secondary N) is 1. The van der Waals surface area contributed by atoms with E-state index in [1.165, 1.54) is 0 Å². The minimum absolute atomic E-state index is 0.0566. The number of amides is 1. The van der Waals surface area contributed by atoms with Gasteiger partial charge in [-0.25, -0.2) is 0 Å². The largest absolute Gasteiger partial charge is 0.497 e. The Morgan fingerprint density at radius 2 is 1.38 bits per heavy atom. The highest BCUT2D eigenvalue weighted by Crippen LogP contribution is 2.39. The smallest absolute Gasteiger partial charge is 0.307 e. The summed E-state index contributed by atoms with van der Waals surface area (Å²) in [5.74, 6) is 1.27. The van der Waals surface area contributed by atoms with Gasteiger partial charge in [-0.05, 0) is 54.4 Å². The van der Waals surface area contributed by atoms with Crippen LogP contribution in [0.25, 0.3) is 0 Å². The minimum atomic E-state index is -0.440. The van der Waals surface area contributed by atoms with Crippen molar-refractivity contribution in [1.82, 2.24) is 5.32 Å². The predicted molar refractivity (Wildman–Crippen MR) is 140 cm³/mol. The van der Waals surface area contributed by atoms with Crippen molar-refractivity contribution in [2.75, 3.05) is 27.4 Å². The molecule has 1 N–H and O–H groups in total. The van der Waals surface area contributed by atoms with Gasteiger partial charge in [0.05, 0.1) is 37.8 Å². The summed E-state index contributed by atoms with van der Waals surface area (Å²) in [6.07, 6.45) is 0.0566. The lowest BCUT2D eigenvalue weighted by molar-refractivity contribution is -0.142. The number of carbonyl (C=O) groups is 2. The molecule has 0 heterocycles. The first kappa shape index (κ1) is 27.7. The molecule has 0 aromatic heterocycles. The van der Waals surface area contributed by atoms with Gasteiger partial charge in [-0.1, -0.05) is 35.9 Å². The van der Waals surface area contributed by atoms with E-state index in [-0.39, 0.29) is 55.1 Å². The number of hydrogen-bond acceptors (Lipinski definition) is 7. The quantitative estimate of drug-likeness (QED) is 0.305. The second-order valence-electron chi connectivity index (χ2n) is 7.84. The molecule has 0 saturated carbocycles. The van der Waals surface area contributed by atoms with Crippen LogP contribution in [0.4, 0.5) is 0 Å². The van der Waals surface area contributed by atoms with Crippen LogP contribution in [0.5, 0.6) is 23.0 Å². The highest BCUT2D eigenvalue weighted by atomic mass is 35.5. The molecule has 0 radical (unpaired) electrons. The molecule has 0 aliphatic heterocycles. The van der Waals surface area contributed by atoms with E-state index in [0.29, 0.717) is 5.75 Å². The lowest BCUT2D eigenvalue weighted by atomic mass is 10.1. The Bertz CT molecular complexity index is 1180. The molecule has 0 saturated heterocycles. The van der Waals surface area contributed by atoms with Gasteiger partial charge in [0.1, 0.15) is 24.7 Å². The van der Waals surface area contributed by atoms with E-state index in [0.717, 1.165) is 22.6 Å². The van der Waals surface area contributed by atoms with E-state index >= 15 is 0 Å². The standard InChI is InChI=1S/C28H30ClNO7/c1-4-35-25(31)15-16-30-28(32)23-13-14-24(36-17-19-5-9-21(33-2)10-6-19)27(26(23)29)37-18-20-7-11-22(34-3)12-8-20/h5-14H,4,15-18H2,1-3H3,(H,30,32). The van der Waals surface area contributed by atoms with Gasteiger partial charge in [0.25, 0.3) is 5.91 Å². The van der Waals surface area contributed by atoms with Gasteiger partial charge in [-0.2, -0.15) is 0 Å². The van der Waals surface area contributed by atoms with Gasteiger partial charge < -0.3 is 29.0 Å². The molecule has 1 amide bonds. The van der Waals surface area contributed by atoms with Gasteiger partial charge in [0, 0.05) is 6.54 Å². The molecule has 3 aromatic rings. The van der Waals surface area contributed by atoms with Crippen LogP contribution >= 0.6 is 11.6 Å². The number of hydrogen-bond donors (Lipinski definition) is 1. The Morgan fingerprint density at radius 1 is 0.811 bits per heavy atom. The van der Waals surface area contributed by atoms with Crippen LogP contribution in [0.15, 0.2) is 60.7 Å². The number of halogens is 1. The van der Waals surface area contributed by atoms with Crippen molar-refractivity contribution in [3.63, 3.8) is 0 Å². The first-order valence-corrected chi connectivity index (χ1v) is 12.1. The van der Waals surface area contributed by atoms with Gasteiger partial charge in [-0.3, -0.25) is 9.59 Å². The lowest BCUT2D eigenvalue weighted by Gasteiger charge is -2.17. The molecule has 0 spiro atoms. The average molecular weight is 528 g/mol. The molecule has 3 rings (SSSR count). The van der Waals surface area contributed by atoms with Crippen LogP contribution in [0.1, 0.15) is 34.8 Å². The molecule has 0 atom stereocenters. The molecule has 0 aliphatic carbocycles. The van der Waals surface area contributed by atoms with Crippen LogP contribution in [0, 0.1) is 0 Å². The fourth-order valence-corrected chi connectivity index (χ4v) is 3.62. The molecule has 9 heteroatoms. The summed E-state index contributed by atoms with van der Waals surface area (Å²) in [7, 11) is 3.20. The van der Waals surface area contributed by atoms with Crippen molar-refractivity contribution in [2.24, 2.45) is 0 Å². The van der Waals surface area contributed by atoms with Gasteiger partial charge >= 0.3 is 5.97 Å². The number of carbonyl (C=O) groups excluding carboxylic acids is 2. The molecular weight excluding hydrogens is 498 g/mol. The first-order valence-electron chi connectivity index (χ1n) is 11.7. The van der Waals surface area contributed by atoms with Crippen LogP contribution in [-0.4, -0.2) is 39.2 Å². The Labute approximate surface area is 221 Å². The number of esters is 1. The third-order valence-electron chi connectivity index (χ3n) is 5.32. The molecule has 0 aliphatic rings. The first-order chi connectivity index (χ1) is 17.9. The summed E-state index contributed by atoms with van der Waals surface area (Å²) in [6.45, 7) is 2.57. The molecule has 8 nitrogen and oxygen atoms in total. The van der Waals surface area contributed by atoms with E-state index in [9.17, 15) is 9.59 Å². The molecule has 196 valence electrons. The van der Waals surface area contributed by atoms with Crippen LogP contribution < -0.4 is 24.3 Å². The molecule has 0 unspecified atom stereocenters. The Hall–Kier alpha value is -3.91. The fourth-order valence-electron chi connectivity index (χ4n) is 3.33. The Kier molecular flexibility index (Phi) is 10.5. The number of rotatable bonds is 13. The SMILES string of the molecule is CCOC(=O)CCNC(=O)c1ccc(OCc2ccc(OC)cc2)c(OCc2ccc(OC)cc2)c1Cl. The monoisotopic (exact) mass is 527 g/mol. The zero-order valence-corrected chi connectivity index (χ0v) is 21.8. The third kappa shape index (κ3) is 8.05. The average Bonchev–Trinajstić information content (AvgIpc) is 2.92. The lowest BCUT2D eigenvalue weighted by Crippen LogP contribution is -2.27. The predicted octanol–water partition coefficient (Wildman–Crippen LogP) is 5.20. The zero-order chi connectivity index (χ0) is 26.6. The van der Waals surface area contributed by atoms with Crippen LogP contribution in [0.2, 0.25) is 5.02 Å². The second-order valence-corrected chi connectivity index (χ2v) is 8.22. The summed E-state index contributed by atoms with van der Waals surface area (Å²) in [6, 6.07) is 18.1. The summed E-state index contributed by atoms with van der Waals surface area (Å²) in [5, 5.41) is 2.79. The molecule has 0 fully saturated rings. The number of benzene rings is 3. The normalized spacial score (nSPS) is 10.4. The maximum Gasteiger partial charge on any atom is 0.307 e. The summed E-state index contributed by atoms with van der Waals surface area (Å²) in [5.41, 5.74) is 1.99. The summed E-state index contributed by atoms with van der Waals surface area (Å²) < 4.78 is 27.3. The molecule has 37 heavy (non-hydrogen) atoms. The fraction of sp³-hybridized carbons (Fsp3) is 0.286. The third-order valence-corrected chi connectivity index (χ3v) is 5.70. The Morgan fingerprint density at radius 3 is 1.92 bits per heavy atom. The van der Waals surface area contributed by atoms with Crippen molar-refractivity contribution in [1.29, 1.82) is 0 Å². The van der Waals surface area contributed by atoms with Crippen molar-refractivity contribution >= 4 is 23.5 Å². The summed E-state index contributed by atoms with van der Waals surface area (Å²) >= 11 is 6.64. The zero-order valence-electron chi connectivity index (χ0n) is 21.0. The van der Waals surface area contributed by atoms with Crippen molar-refractivity contribution < 1.29 is 33.3 Å².